The molecule has 0 aromatic carbocycles. The van der Waals surface area contributed by atoms with Gasteiger partial charge in [-0.2, -0.15) is 0 Å². The molecule has 0 bridgehead atoms. The van der Waals surface area contributed by atoms with E-state index in [2.05, 4.69) is 23.1 Å². The van der Waals surface area contributed by atoms with Gasteiger partial charge in [-0.25, -0.2) is 0 Å². The molecule has 0 aliphatic rings. The third-order valence-electron chi connectivity index (χ3n) is 1.90. The van der Waals surface area contributed by atoms with E-state index in [9.17, 15) is 0 Å². The van der Waals surface area contributed by atoms with E-state index < -0.39 is 0 Å². The van der Waals surface area contributed by atoms with Crippen LogP contribution in [0.25, 0.3) is 11.4 Å². The molecule has 0 saturated heterocycles. The van der Waals surface area contributed by atoms with E-state index >= 15 is 0 Å². The number of hydrogen-bond donors (Lipinski definition) is 0. The Kier molecular flexibility index (Phi) is 4.00. The molecule has 2 heterocycles. The van der Waals surface area contributed by atoms with Gasteiger partial charge in [0.15, 0.2) is 0 Å². The zero-order valence-corrected chi connectivity index (χ0v) is 9.31. The summed E-state index contributed by atoms with van der Waals surface area (Å²) in [5.41, 5.74) is 1.87. The number of hydrogen-bond acceptors (Lipinski definition) is 2. The van der Waals surface area contributed by atoms with Crippen LogP contribution in [0.2, 0.25) is 0 Å². The zero-order valence-electron chi connectivity index (χ0n) is 7.75. The Morgan fingerprint density at radius 2 is 2.29 bits per heavy atom. The normalized spacial score (nSPS) is 9.50. The molecule has 4 heteroatoms. The van der Waals surface area contributed by atoms with E-state index in [1.807, 2.05) is 22.8 Å². The predicted octanol–water partition coefficient (Wildman–Crippen LogP) is 1.76. The quantitative estimate of drug-likeness (QED) is 0.619. The summed E-state index contributed by atoms with van der Waals surface area (Å²) in [5.74, 6) is 0. The maximum atomic E-state index is 4.24. The summed E-state index contributed by atoms with van der Waals surface area (Å²) in [6.45, 7) is 2.96. The molecule has 0 aliphatic heterocycles. The maximum absolute atomic E-state index is 4.24. The number of imidazole rings is 1. The summed E-state index contributed by atoms with van der Waals surface area (Å²) in [6.07, 6.45) is 6.47. The summed E-state index contributed by atoms with van der Waals surface area (Å²) in [4.78, 5) is 8.21. The van der Waals surface area contributed by atoms with E-state index in [4.69, 9.17) is 0 Å². The van der Waals surface area contributed by atoms with E-state index in [0.29, 0.717) is 0 Å². The van der Waals surface area contributed by atoms with Crippen molar-refractivity contribution in [2.45, 2.75) is 13.5 Å². The van der Waals surface area contributed by atoms with Crippen molar-refractivity contribution in [2.24, 2.45) is 0 Å². The minimum Gasteiger partial charge on any atom is -0.403 e. The molecule has 0 unspecified atom stereocenters. The molecule has 3 nitrogen and oxygen atoms in total. The van der Waals surface area contributed by atoms with Crippen LogP contribution < -0.4 is 0 Å². The monoisotopic (exact) mass is 278 g/mol. The second-order valence-electron chi connectivity index (χ2n) is 2.71. The van der Waals surface area contributed by atoms with Crippen LogP contribution in [0.15, 0.2) is 30.7 Å². The summed E-state index contributed by atoms with van der Waals surface area (Å²) in [7, 11) is 0. The van der Waals surface area contributed by atoms with Gasteiger partial charge in [0.1, 0.15) is 0 Å². The zero-order chi connectivity index (χ0) is 9.10. The summed E-state index contributed by atoms with van der Waals surface area (Å²) in [5, 5.41) is 0. The van der Waals surface area contributed by atoms with Crippen molar-refractivity contribution in [1.82, 2.24) is 14.5 Å². The molecule has 76 valence electrons. The smallest absolute Gasteiger partial charge is 0.0125 e. The third-order valence-corrected chi connectivity index (χ3v) is 1.90. The topological polar surface area (TPSA) is 30.7 Å². The predicted molar refractivity (Wildman–Crippen MR) is 50.0 cm³/mol. The number of aromatic nitrogens is 3. The maximum Gasteiger partial charge on any atom is 0.0125 e. The van der Waals surface area contributed by atoms with Gasteiger partial charge in [0.25, 0.3) is 0 Å². The molecule has 2 aromatic rings. The van der Waals surface area contributed by atoms with Gasteiger partial charge in [0.05, 0.1) is 0 Å². The first-order chi connectivity index (χ1) is 6.42. The van der Waals surface area contributed by atoms with Crippen molar-refractivity contribution in [3.05, 3.63) is 36.9 Å². The van der Waals surface area contributed by atoms with Gasteiger partial charge in [-0.15, -0.1) is 0 Å². The molecule has 14 heavy (non-hydrogen) atoms. The van der Waals surface area contributed by atoms with Gasteiger partial charge in [-0.1, -0.05) is 18.3 Å². The number of aryl methyl sites for hydroxylation is 1. The first-order valence-electron chi connectivity index (χ1n) is 4.26. The molecular weight excluding hydrogens is 269 g/mol. The van der Waals surface area contributed by atoms with Gasteiger partial charge in [-0.05, 0) is 30.7 Å². The fourth-order valence-electron chi connectivity index (χ4n) is 1.23. The van der Waals surface area contributed by atoms with Crippen LogP contribution in [0, 0.1) is 6.20 Å². The average Bonchev–Trinajstić information content (AvgIpc) is 2.67. The molecule has 2 aromatic heterocycles. The average molecular weight is 279 g/mol. The first-order valence-corrected chi connectivity index (χ1v) is 4.26. The minimum atomic E-state index is 0. The van der Waals surface area contributed by atoms with Crippen molar-refractivity contribution in [2.75, 3.05) is 0 Å². The van der Waals surface area contributed by atoms with E-state index in [0.717, 1.165) is 17.9 Å². The van der Waals surface area contributed by atoms with Crippen LogP contribution in [0.4, 0.5) is 0 Å². The summed E-state index contributed by atoms with van der Waals surface area (Å²) < 4.78 is 2.02. The van der Waals surface area contributed by atoms with Gasteiger partial charge >= 0.3 is 0 Å². The Bertz CT molecular complexity index is 383. The number of pyridine rings is 1. The van der Waals surface area contributed by atoms with Crippen LogP contribution >= 0.6 is 0 Å². The SMILES string of the molecule is CCn1cn[c-]c1-c1ccccn1.[Pd]. The van der Waals surface area contributed by atoms with Crippen molar-refractivity contribution in [1.29, 1.82) is 0 Å². The van der Waals surface area contributed by atoms with E-state index in [1.54, 1.807) is 12.5 Å². The van der Waals surface area contributed by atoms with Gasteiger partial charge in [0, 0.05) is 33.2 Å². The summed E-state index contributed by atoms with van der Waals surface area (Å²) >= 11 is 0. The van der Waals surface area contributed by atoms with Crippen LogP contribution in [-0.2, 0) is 27.0 Å². The van der Waals surface area contributed by atoms with Crippen LogP contribution in [0.1, 0.15) is 6.92 Å². The van der Waals surface area contributed by atoms with Crippen molar-refractivity contribution >= 4 is 0 Å². The molecule has 0 saturated carbocycles. The number of rotatable bonds is 2. The molecule has 0 aliphatic carbocycles. The van der Waals surface area contributed by atoms with Crippen LogP contribution in [-0.4, -0.2) is 14.5 Å². The van der Waals surface area contributed by atoms with Crippen LogP contribution in [0.5, 0.6) is 0 Å². The molecule has 0 atom stereocenters. The number of nitrogens with zero attached hydrogens (tertiary/aromatic N) is 3. The van der Waals surface area contributed by atoms with Crippen molar-refractivity contribution in [3.63, 3.8) is 0 Å². The van der Waals surface area contributed by atoms with E-state index in [-0.39, 0.29) is 20.4 Å². The molecule has 0 radical (unpaired) electrons. The Balaban J connectivity index is 0.000000980. The second-order valence-corrected chi connectivity index (χ2v) is 2.71. The molecule has 0 amide bonds. The Labute approximate surface area is 96.9 Å². The molecule has 2 rings (SSSR count). The van der Waals surface area contributed by atoms with Gasteiger partial charge in [0.2, 0.25) is 0 Å². The summed E-state index contributed by atoms with van der Waals surface area (Å²) in [6, 6.07) is 5.82. The molecule has 0 spiro atoms. The van der Waals surface area contributed by atoms with Gasteiger partial charge < -0.3 is 14.5 Å². The fourth-order valence-corrected chi connectivity index (χ4v) is 1.23. The Morgan fingerprint density at radius 3 is 2.93 bits per heavy atom. The molecule has 0 fully saturated rings. The largest absolute Gasteiger partial charge is 0.403 e. The van der Waals surface area contributed by atoms with Crippen molar-refractivity contribution in [3.8, 4) is 11.4 Å². The Morgan fingerprint density at radius 1 is 1.43 bits per heavy atom. The molecule has 0 N–H and O–H groups in total. The fraction of sp³-hybridized carbons (Fsp3) is 0.200. The third kappa shape index (κ3) is 2.09. The van der Waals surface area contributed by atoms with Gasteiger partial charge in [-0.3, -0.25) is 0 Å². The Hall–Kier alpha value is -0.978. The van der Waals surface area contributed by atoms with Crippen molar-refractivity contribution < 1.29 is 20.4 Å². The minimum absolute atomic E-state index is 0. The second kappa shape index (κ2) is 5.04. The van der Waals surface area contributed by atoms with E-state index in [1.165, 1.54) is 0 Å². The van der Waals surface area contributed by atoms with Crippen LogP contribution in [0.3, 0.4) is 0 Å². The standard InChI is InChI=1S/C10H10N3.Pd/c1-2-13-8-11-7-10(13)9-5-3-4-6-12-9;/h3-6,8H,2H2,1H3;/q-1;. The first kappa shape index (κ1) is 11.1. The molecular formula is C10H10N3Pd-.